The lowest BCUT2D eigenvalue weighted by Crippen LogP contribution is -2.25. The molecule has 4 rings (SSSR count). The van der Waals surface area contributed by atoms with Gasteiger partial charge in [0, 0.05) is 41.8 Å². The first kappa shape index (κ1) is 15.4. The summed E-state index contributed by atoms with van der Waals surface area (Å²) in [4.78, 5) is 20.9. The molecule has 0 saturated heterocycles. The topological polar surface area (TPSA) is 50.2 Å². The summed E-state index contributed by atoms with van der Waals surface area (Å²) in [5, 5.41) is 4.78. The Labute approximate surface area is 144 Å². The van der Waals surface area contributed by atoms with E-state index in [9.17, 15) is 4.79 Å². The maximum Gasteiger partial charge on any atom is 0.274 e. The number of benzene rings is 1. The summed E-state index contributed by atoms with van der Waals surface area (Å²) in [6, 6.07) is 10.0. The molecule has 1 N–H and O–H groups in total. The van der Waals surface area contributed by atoms with Gasteiger partial charge in [0.25, 0.3) is 5.91 Å². The van der Waals surface area contributed by atoms with Crippen molar-refractivity contribution in [2.75, 3.05) is 18.9 Å². The fraction of sp³-hybridized carbons (Fsp3) is 0.333. The van der Waals surface area contributed by atoms with Crippen molar-refractivity contribution in [1.82, 2.24) is 14.5 Å². The summed E-state index contributed by atoms with van der Waals surface area (Å²) >= 11 is 1.59. The molecule has 0 atom stereocenters. The quantitative estimate of drug-likeness (QED) is 0.795. The molecule has 0 unspecified atom stereocenters. The van der Waals surface area contributed by atoms with Gasteiger partial charge in [-0.2, -0.15) is 0 Å². The summed E-state index contributed by atoms with van der Waals surface area (Å²) in [5.41, 5.74) is 2.90. The lowest BCUT2D eigenvalue weighted by Gasteiger charge is -2.20. The number of nitrogens with zero attached hydrogens (tertiary/aromatic N) is 3. The number of aromatic nitrogens is 2. The largest absolute Gasteiger partial charge is 0.337 e. The lowest BCUT2D eigenvalue weighted by molar-refractivity contribution is 0.101. The van der Waals surface area contributed by atoms with E-state index in [1.165, 1.54) is 4.88 Å². The summed E-state index contributed by atoms with van der Waals surface area (Å²) < 4.78 is 2.05. The number of para-hydroxylation sites is 1. The molecule has 1 aliphatic rings. The minimum atomic E-state index is -0.0903. The molecule has 3 aromatic rings. The predicted molar refractivity (Wildman–Crippen MR) is 97.7 cm³/mol. The maximum absolute atomic E-state index is 12.8. The number of nitrogens with one attached hydrogen (secondary N) is 1. The van der Waals surface area contributed by atoms with E-state index >= 15 is 0 Å². The van der Waals surface area contributed by atoms with Gasteiger partial charge in [-0.15, -0.1) is 11.3 Å². The third kappa shape index (κ3) is 2.61. The van der Waals surface area contributed by atoms with Gasteiger partial charge in [0.15, 0.2) is 5.13 Å². The van der Waals surface area contributed by atoms with E-state index in [2.05, 4.69) is 29.2 Å². The molecule has 0 spiro atoms. The SMILES string of the molecule is CCn1c(C(=O)Nc2nc3c(s2)CN(C)CC3)cc2ccccc21. The predicted octanol–water partition coefficient (Wildman–Crippen LogP) is 3.36. The van der Waals surface area contributed by atoms with Crippen molar-refractivity contribution < 1.29 is 4.79 Å². The maximum atomic E-state index is 12.8. The average molecular weight is 340 g/mol. The fourth-order valence-electron chi connectivity index (χ4n) is 3.28. The van der Waals surface area contributed by atoms with E-state index in [0.717, 1.165) is 42.7 Å². The van der Waals surface area contributed by atoms with Crippen LogP contribution < -0.4 is 5.32 Å². The van der Waals surface area contributed by atoms with Gasteiger partial charge in [-0.3, -0.25) is 10.1 Å². The van der Waals surface area contributed by atoms with Gasteiger partial charge in [-0.25, -0.2) is 4.98 Å². The zero-order valence-electron chi connectivity index (χ0n) is 13.9. The molecule has 0 radical (unpaired) electrons. The van der Waals surface area contributed by atoms with Crippen molar-refractivity contribution in [3.05, 3.63) is 46.6 Å². The monoisotopic (exact) mass is 340 g/mol. The summed E-state index contributed by atoms with van der Waals surface area (Å²) in [6.45, 7) is 4.75. The van der Waals surface area contributed by atoms with Crippen molar-refractivity contribution in [2.24, 2.45) is 0 Å². The number of anilines is 1. The third-order valence-electron chi connectivity index (χ3n) is 4.50. The van der Waals surface area contributed by atoms with Crippen molar-refractivity contribution in [3.63, 3.8) is 0 Å². The number of amides is 1. The first-order valence-electron chi connectivity index (χ1n) is 8.22. The van der Waals surface area contributed by atoms with Crippen LogP contribution in [0.5, 0.6) is 0 Å². The molecule has 0 fully saturated rings. The van der Waals surface area contributed by atoms with Gasteiger partial charge < -0.3 is 9.47 Å². The third-order valence-corrected chi connectivity index (χ3v) is 5.50. The lowest BCUT2D eigenvalue weighted by atomic mass is 10.2. The molecule has 1 aromatic carbocycles. The molecule has 5 nitrogen and oxygen atoms in total. The van der Waals surface area contributed by atoms with Crippen molar-refractivity contribution in [3.8, 4) is 0 Å². The van der Waals surface area contributed by atoms with E-state index in [4.69, 9.17) is 0 Å². The molecule has 0 saturated carbocycles. The molecule has 24 heavy (non-hydrogen) atoms. The first-order chi connectivity index (χ1) is 11.7. The highest BCUT2D eigenvalue weighted by molar-refractivity contribution is 7.15. The van der Waals surface area contributed by atoms with Crippen LogP contribution in [0.3, 0.4) is 0 Å². The van der Waals surface area contributed by atoms with Crippen LogP contribution in [-0.4, -0.2) is 34.0 Å². The number of rotatable bonds is 3. The second-order valence-electron chi connectivity index (χ2n) is 6.16. The Kier molecular flexibility index (Phi) is 3.86. The van der Waals surface area contributed by atoms with Gasteiger partial charge in [-0.1, -0.05) is 18.2 Å². The first-order valence-corrected chi connectivity index (χ1v) is 9.04. The Morgan fingerprint density at radius 2 is 2.21 bits per heavy atom. The fourth-order valence-corrected chi connectivity index (χ4v) is 4.36. The molecule has 0 aliphatic carbocycles. The molecule has 3 heterocycles. The Hall–Kier alpha value is -2.18. The zero-order chi connectivity index (χ0) is 16.7. The van der Waals surface area contributed by atoms with Gasteiger partial charge in [0.2, 0.25) is 0 Å². The highest BCUT2D eigenvalue weighted by Gasteiger charge is 2.21. The minimum absolute atomic E-state index is 0.0903. The van der Waals surface area contributed by atoms with Crippen LogP contribution >= 0.6 is 11.3 Å². The van der Waals surface area contributed by atoms with Crippen molar-refractivity contribution >= 4 is 33.3 Å². The van der Waals surface area contributed by atoms with Crippen LogP contribution in [0.2, 0.25) is 0 Å². The Bertz CT molecular complexity index is 911. The Morgan fingerprint density at radius 3 is 3.04 bits per heavy atom. The van der Waals surface area contributed by atoms with Crippen LogP contribution in [0.25, 0.3) is 10.9 Å². The highest BCUT2D eigenvalue weighted by Crippen LogP contribution is 2.28. The van der Waals surface area contributed by atoms with E-state index in [1.54, 1.807) is 11.3 Å². The second kappa shape index (κ2) is 6.03. The number of hydrogen-bond acceptors (Lipinski definition) is 4. The van der Waals surface area contributed by atoms with E-state index in [0.29, 0.717) is 10.8 Å². The highest BCUT2D eigenvalue weighted by atomic mass is 32.1. The smallest absolute Gasteiger partial charge is 0.274 e. The number of carbonyl (C=O) groups excluding carboxylic acids is 1. The van der Waals surface area contributed by atoms with Gasteiger partial charge in [0.1, 0.15) is 5.69 Å². The molecular formula is C18H20N4OS. The molecule has 0 bridgehead atoms. The number of likely N-dealkylation sites (N-methyl/N-ethyl adjacent to an activating group) is 1. The summed E-state index contributed by atoms with van der Waals surface area (Å²) in [5.74, 6) is -0.0903. The molecular weight excluding hydrogens is 320 g/mol. The minimum Gasteiger partial charge on any atom is -0.337 e. The number of carbonyl (C=O) groups is 1. The molecule has 1 amide bonds. The van der Waals surface area contributed by atoms with Crippen LogP contribution in [-0.2, 0) is 19.5 Å². The van der Waals surface area contributed by atoms with Gasteiger partial charge >= 0.3 is 0 Å². The molecule has 2 aromatic heterocycles. The van der Waals surface area contributed by atoms with Gasteiger partial charge in [-0.05, 0) is 26.1 Å². The second-order valence-corrected chi connectivity index (χ2v) is 7.25. The van der Waals surface area contributed by atoms with Crippen molar-refractivity contribution in [2.45, 2.75) is 26.4 Å². The Balaban J connectivity index is 1.63. The zero-order valence-corrected chi connectivity index (χ0v) is 14.7. The Morgan fingerprint density at radius 1 is 1.38 bits per heavy atom. The molecule has 124 valence electrons. The number of fused-ring (bicyclic) bond motifs is 2. The van der Waals surface area contributed by atoms with E-state index < -0.39 is 0 Å². The van der Waals surface area contributed by atoms with Crippen molar-refractivity contribution in [1.29, 1.82) is 0 Å². The summed E-state index contributed by atoms with van der Waals surface area (Å²) in [7, 11) is 2.11. The standard InChI is InChI=1S/C18H20N4OS/c1-3-22-14-7-5-4-6-12(14)10-15(22)17(23)20-18-19-13-8-9-21(2)11-16(13)24-18/h4-7,10H,3,8-9,11H2,1-2H3,(H,19,20,23). The molecule has 1 aliphatic heterocycles. The van der Waals surface area contributed by atoms with Gasteiger partial charge in [0.05, 0.1) is 5.69 Å². The van der Waals surface area contributed by atoms with Crippen LogP contribution in [0.15, 0.2) is 30.3 Å². The van der Waals surface area contributed by atoms with Crippen LogP contribution in [0.1, 0.15) is 28.0 Å². The number of thiazole rings is 1. The van der Waals surface area contributed by atoms with Crippen LogP contribution in [0.4, 0.5) is 5.13 Å². The normalized spacial score (nSPS) is 14.8. The molecule has 6 heteroatoms. The van der Waals surface area contributed by atoms with Crippen LogP contribution in [0, 0.1) is 0 Å². The van der Waals surface area contributed by atoms with E-state index in [-0.39, 0.29) is 5.91 Å². The summed E-state index contributed by atoms with van der Waals surface area (Å²) in [6.07, 6.45) is 0.952. The number of aryl methyl sites for hydroxylation is 1. The average Bonchev–Trinajstić information content (AvgIpc) is 3.14. The number of hydrogen-bond donors (Lipinski definition) is 1. The van der Waals surface area contributed by atoms with E-state index in [1.807, 2.05) is 34.9 Å².